The largest absolute Gasteiger partial charge is 0.493 e. The van der Waals surface area contributed by atoms with Gasteiger partial charge in [-0.3, -0.25) is 0 Å². The highest BCUT2D eigenvalue weighted by molar-refractivity contribution is 5.54. The van der Waals surface area contributed by atoms with Gasteiger partial charge in [0, 0.05) is 18.2 Å². The van der Waals surface area contributed by atoms with Gasteiger partial charge in [-0.05, 0) is 36.6 Å². The zero-order valence-corrected chi connectivity index (χ0v) is 11.2. The lowest BCUT2D eigenvalue weighted by molar-refractivity contribution is 0.280. The van der Waals surface area contributed by atoms with Crippen LogP contribution < -0.4 is 10.1 Å². The molecular formula is C17H19NO. The molecule has 2 heteroatoms. The Bertz CT molecular complexity index is 565. The molecule has 0 bridgehead atoms. The van der Waals surface area contributed by atoms with Crippen molar-refractivity contribution in [3.63, 3.8) is 0 Å². The van der Waals surface area contributed by atoms with Gasteiger partial charge in [0.05, 0.1) is 6.61 Å². The second-order valence-corrected chi connectivity index (χ2v) is 5.08. The first-order chi connectivity index (χ1) is 9.34. The maximum absolute atomic E-state index is 6.01. The number of para-hydroxylation sites is 2. The van der Waals surface area contributed by atoms with Crippen molar-refractivity contribution < 1.29 is 4.74 Å². The maximum atomic E-state index is 6.01. The number of hydrogen-bond donors (Lipinski definition) is 1. The molecule has 1 aliphatic heterocycles. The van der Waals surface area contributed by atoms with Gasteiger partial charge in [0.25, 0.3) is 0 Å². The minimum atomic E-state index is 0.483. The molecule has 1 unspecified atom stereocenters. The summed E-state index contributed by atoms with van der Waals surface area (Å²) in [5.74, 6) is 1.48. The van der Waals surface area contributed by atoms with Gasteiger partial charge in [-0.1, -0.05) is 36.4 Å². The molecule has 0 saturated heterocycles. The minimum Gasteiger partial charge on any atom is -0.493 e. The Hall–Kier alpha value is -1.96. The van der Waals surface area contributed by atoms with Crippen LogP contribution in [0.3, 0.4) is 0 Å². The highest BCUT2D eigenvalue weighted by atomic mass is 16.5. The van der Waals surface area contributed by atoms with Crippen molar-refractivity contribution in [2.45, 2.75) is 19.3 Å². The first-order valence-corrected chi connectivity index (χ1v) is 6.86. The molecule has 98 valence electrons. The summed E-state index contributed by atoms with van der Waals surface area (Å²) in [7, 11) is 0. The molecule has 0 saturated carbocycles. The zero-order chi connectivity index (χ0) is 13.1. The predicted octanol–water partition coefficient (Wildman–Crippen LogP) is 3.97. The van der Waals surface area contributed by atoms with Gasteiger partial charge in [0.15, 0.2) is 0 Å². The van der Waals surface area contributed by atoms with Gasteiger partial charge in [-0.25, -0.2) is 0 Å². The highest BCUT2D eigenvalue weighted by Crippen LogP contribution is 2.32. The SMILES string of the molecule is Cc1ccccc1OCC1CCNc2ccccc21. The molecular weight excluding hydrogens is 234 g/mol. The molecule has 2 aromatic carbocycles. The monoisotopic (exact) mass is 253 g/mol. The van der Waals surface area contributed by atoms with E-state index in [1.54, 1.807) is 0 Å². The molecule has 0 fully saturated rings. The van der Waals surface area contributed by atoms with Crippen molar-refractivity contribution in [1.29, 1.82) is 0 Å². The van der Waals surface area contributed by atoms with E-state index in [1.165, 1.54) is 16.8 Å². The van der Waals surface area contributed by atoms with E-state index in [2.05, 4.69) is 42.6 Å². The molecule has 19 heavy (non-hydrogen) atoms. The van der Waals surface area contributed by atoms with Crippen LogP contribution >= 0.6 is 0 Å². The van der Waals surface area contributed by atoms with Crippen molar-refractivity contribution in [2.24, 2.45) is 0 Å². The Morgan fingerprint density at radius 3 is 2.79 bits per heavy atom. The number of hydrogen-bond acceptors (Lipinski definition) is 2. The second kappa shape index (κ2) is 5.35. The Labute approximate surface area is 114 Å². The smallest absolute Gasteiger partial charge is 0.122 e. The summed E-state index contributed by atoms with van der Waals surface area (Å²) < 4.78 is 6.01. The van der Waals surface area contributed by atoms with Crippen molar-refractivity contribution >= 4 is 5.69 Å². The van der Waals surface area contributed by atoms with Gasteiger partial charge in [0.1, 0.15) is 5.75 Å². The number of anilines is 1. The third-order valence-electron chi connectivity index (χ3n) is 3.74. The Morgan fingerprint density at radius 1 is 1.11 bits per heavy atom. The van der Waals surface area contributed by atoms with Crippen LogP contribution in [0.1, 0.15) is 23.5 Å². The van der Waals surface area contributed by atoms with E-state index in [0.29, 0.717) is 5.92 Å². The van der Waals surface area contributed by atoms with Crippen LogP contribution in [-0.2, 0) is 0 Å². The molecule has 0 aliphatic carbocycles. The number of aryl methyl sites for hydroxylation is 1. The molecule has 2 nitrogen and oxygen atoms in total. The van der Waals surface area contributed by atoms with Gasteiger partial charge < -0.3 is 10.1 Å². The van der Waals surface area contributed by atoms with Crippen molar-refractivity contribution in [1.82, 2.24) is 0 Å². The summed E-state index contributed by atoms with van der Waals surface area (Å²) in [6.45, 7) is 3.87. The summed E-state index contributed by atoms with van der Waals surface area (Å²) in [5, 5.41) is 3.45. The topological polar surface area (TPSA) is 21.3 Å². The Kier molecular flexibility index (Phi) is 3.41. The summed E-state index contributed by atoms with van der Waals surface area (Å²) in [6.07, 6.45) is 1.13. The van der Waals surface area contributed by atoms with Crippen LogP contribution in [0.4, 0.5) is 5.69 Å². The van der Waals surface area contributed by atoms with Crippen molar-refractivity contribution in [2.75, 3.05) is 18.5 Å². The molecule has 0 aromatic heterocycles. The first kappa shape index (κ1) is 12.1. The van der Waals surface area contributed by atoms with Crippen LogP contribution in [0, 0.1) is 6.92 Å². The van der Waals surface area contributed by atoms with Gasteiger partial charge in [-0.2, -0.15) is 0 Å². The molecule has 1 heterocycles. The first-order valence-electron chi connectivity index (χ1n) is 6.86. The van der Waals surface area contributed by atoms with E-state index >= 15 is 0 Å². The standard InChI is InChI=1S/C17H19NO/c1-13-6-2-5-9-17(13)19-12-14-10-11-18-16-8-4-3-7-15(14)16/h2-9,14,18H,10-12H2,1H3. The normalized spacial score (nSPS) is 17.4. The summed E-state index contributed by atoms with van der Waals surface area (Å²) in [6, 6.07) is 16.7. The molecule has 1 atom stereocenters. The fraction of sp³-hybridized carbons (Fsp3) is 0.294. The lowest BCUT2D eigenvalue weighted by atomic mass is 9.92. The molecule has 0 amide bonds. The van der Waals surface area contributed by atoms with Crippen LogP contribution in [-0.4, -0.2) is 13.2 Å². The third-order valence-corrected chi connectivity index (χ3v) is 3.74. The minimum absolute atomic E-state index is 0.483. The summed E-state index contributed by atoms with van der Waals surface area (Å²) in [5.41, 5.74) is 3.83. The molecule has 0 radical (unpaired) electrons. The average molecular weight is 253 g/mol. The lowest BCUT2D eigenvalue weighted by Gasteiger charge is -2.26. The number of fused-ring (bicyclic) bond motifs is 1. The van der Waals surface area contributed by atoms with E-state index < -0.39 is 0 Å². The number of nitrogens with one attached hydrogen (secondary N) is 1. The van der Waals surface area contributed by atoms with Crippen LogP contribution in [0.2, 0.25) is 0 Å². The van der Waals surface area contributed by atoms with Gasteiger partial charge >= 0.3 is 0 Å². The van der Waals surface area contributed by atoms with E-state index in [9.17, 15) is 0 Å². The van der Waals surface area contributed by atoms with E-state index in [-0.39, 0.29) is 0 Å². The molecule has 1 aliphatic rings. The van der Waals surface area contributed by atoms with Gasteiger partial charge in [-0.15, -0.1) is 0 Å². The average Bonchev–Trinajstić information content (AvgIpc) is 2.46. The third kappa shape index (κ3) is 2.58. The van der Waals surface area contributed by atoms with E-state index in [0.717, 1.165) is 25.3 Å². The number of ether oxygens (including phenoxy) is 1. The molecule has 3 rings (SSSR count). The van der Waals surface area contributed by atoms with Crippen LogP contribution in [0.5, 0.6) is 5.75 Å². The molecule has 1 N–H and O–H groups in total. The zero-order valence-electron chi connectivity index (χ0n) is 11.2. The Balaban J connectivity index is 1.73. The fourth-order valence-corrected chi connectivity index (χ4v) is 2.63. The van der Waals surface area contributed by atoms with Gasteiger partial charge in [0.2, 0.25) is 0 Å². The highest BCUT2D eigenvalue weighted by Gasteiger charge is 2.20. The maximum Gasteiger partial charge on any atom is 0.122 e. The van der Waals surface area contributed by atoms with Crippen LogP contribution in [0.15, 0.2) is 48.5 Å². The van der Waals surface area contributed by atoms with Crippen LogP contribution in [0.25, 0.3) is 0 Å². The Morgan fingerprint density at radius 2 is 1.89 bits per heavy atom. The van der Waals surface area contributed by atoms with E-state index in [4.69, 9.17) is 4.74 Å². The quantitative estimate of drug-likeness (QED) is 0.893. The predicted molar refractivity (Wildman–Crippen MR) is 79.0 cm³/mol. The molecule has 0 spiro atoms. The second-order valence-electron chi connectivity index (χ2n) is 5.08. The van der Waals surface area contributed by atoms with Crippen molar-refractivity contribution in [3.05, 3.63) is 59.7 Å². The molecule has 2 aromatic rings. The summed E-state index contributed by atoms with van der Waals surface area (Å²) >= 11 is 0. The fourth-order valence-electron chi connectivity index (χ4n) is 2.63. The van der Waals surface area contributed by atoms with Crippen molar-refractivity contribution in [3.8, 4) is 5.75 Å². The van der Waals surface area contributed by atoms with E-state index in [1.807, 2.05) is 18.2 Å². The number of benzene rings is 2. The number of rotatable bonds is 3. The summed E-state index contributed by atoms with van der Waals surface area (Å²) in [4.78, 5) is 0. The lowest BCUT2D eigenvalue weighted by Crippen LogP contribution is -2.21.